The van der Waals surface area contributed by atoms with Gasteiger partial charge < -0.3 is 9.84 Å². The number of ether oxygens (including phenoxy) is 1. The molecule has 3 aromatic rings. The first-order chi connectivity index (χ1) is 14.5. The summed E-state index contributed by atoms with van der Waals surface area (Å²) in [6.07, 6.45) is 0. The number of hydrogen-bond donors (Lipinski definition) is 1. The van der Waals surface area contributed by atoms with Crippen LogP contribution in [0.4, 0.5) is 5.69 Å². The molecular weight excluding hydrogens is 402 g/mol. The number of rotatable bonds is 4. The molecule has 1 N–H and O–H groups in total. The second-order valence-electron chi connectivity index (χ2n) is 6.79. The molecule has 1 aliphatic heterocycles. The average molecular weight is 420 g/mol. The zero-order chi connectivity index (χ0) is 21.3. The number of Topliss-reactive ketones (excluding diaryl/α,β-unsaturated/α-hetero) is 1. The summed E-state index contributed by atoms with van der Waals surface area (Å²) in [5.41, 5.74) is 1.62. The predicted molar refractivity (Wildman–Crippen MR) is 116 cm³/mol. The van der Waals surface area contributed by atoms with Gasteiger partial charge in [0, 0.05) is 22.3 Å². The molecule has 0 saturated carbocycles. The van der Waals surface area contributed by atoms with Gasteiger partial charge in [-0.25, -0.2) is 0 Å². The van der Waals surface area contributed by atoms with Crippen LogP contribution in [-0.4, -0.2) is 23.9 Å². The smallest absolute Gasteiger partial charge is 0.300 e. The lowest BCUT2D eigenvalue weighted by Gasteiger charge is -2.25. The predicted octanol–water partition coefficient (Wildman–Crippen LogP) is 4.97. The van der Waals surface area contributed by atoms with Crippen LogP contribution in [-0.2, 0) is 9.59 Å². The number of carbonyl (C=O) groups excluding carboxylic acids is 2. The SMILES string of the molecule is COc1cccc(N2C(=O)C(=O)C(=C(O)c3ccccc3)[C@@H]2c2ccc(Cl)cc2)c1. The van der Waals surface area contributed by atoms with Gasteiger partial charge in [-0.1, -0.05) is 60.1 Å². The number of nitrogens with zero attached hydrogens (tertiary/aromatic N) is 1. The van der Waals surface area contributed by atoms with Gasteiger partial charge in [0.2, 0.25) is 0 Å². The van der Waals surface area contributed by atoms with E-state index in [9.17, 15) is 14.7 Å². The van der Waals surface area contributed by atoms with Crippen LogP contribution in [0.15, 0.2) is 84.4 Å². The van der Waals surface area contributed by atoms with Crippen LogP contribution in [0.5, 0.6) is 5.75 Å². The fourth-order valence-electron chi connectivity index (χ4n) is 3.57. The summed E-state index contributed by atoms with van der Waals surface area (Å²) in [5, 5.41) is 11.5. The van der Waals surface area contributed by atoms with Gasteiger partial charge in [0.1, 0.15) is 11.5 Å². The van der Waals surface area contributed by atoms with E-state index < -0.39 is 17.7 Å². The Labute approximate surface area is 178 Å². The highest BCUT2D eigenvalue weighted by molar-refractivity contribution is 6.51. The Hall–Kier alpha value is -3.57. The maximum Gasteiger partial charge on any atom is 0.300 e. The molecule has 1 amide bonds. The van der Waals surface area contributed by atoms with Crippen molar-refractivity contribution in [3.05, 3.63) is 101 Å². The van der Waals surface area contributed by atoms with Gasteiger partial charge in [-0.05, 0) is 29.8 Å². The quantitative estimate of drug-likeness (QED) is 0.368. The highest BCUT2D eigenvalue weighted by atomic mass is 35.5. The van der Waals surface area contributed by atoms with Crippen LogP contribution in [0.3, 0.4) is 0 Å². The summed E-state index contributed by atoms with van der Waals surface area (Å²) in [7, 11) is 1.53. The summed E-state index contributed by atoms with van der Waals surface area (Å²) < 4.78 is 5.28. The van der Waals surface area contributed by atoms with Crippen LogP contribution in [0.25, 0.3) is 5.76 Å². The molecule has 0 aliphatic carbocycles. The van der Waals surface area contributed by atoms with E-state index in [0.717, 1.165) is 0 Å². The van der Waals surface area contributed by atoms with Gasteiger partial charge in [-0.15, -0.1) is 0 Å². The Morgan fingerprint density at radius 2 is 1.67 bits per heavy atom. The number of aliphatic hydroxyl groups excluding tert-OH is 1. The Bertz CT molecular complexity index is 1140. The fourth-order valence-corrected chi connectivity index (χ4v) is 3.70. The lowest BCUT2D eigenvalue weighted by molar-refractivity contribution is -0.132. The molecule has 0 spiro atoms. The van der Waals surface area contributed by atoms with Gasteiger partial charge in [0.25, 0.3) is 11.7 Å². The Balaban J connectivity index is 1.94. The minimum absolute atomic E-state index is 0.0244. The van der Waals surface area contributed by atoms with E-state index in [-0.39, 0.29) is 11.3 Å². The van der Waals surface area contributed by atoms with Gasteiger partial charge in [0.05, 0.1) is 18.7 Å². The van der Waals surface area contributed by atoms with Crippen LogP contribution >= 0.6 is 11.6 Å². The van der Waals surface area contributed by atoms with Crippen molar-refractivity contribution in [1.29, 1.82) is 0 Å². The largest absolute Gasteiger partial charge is 0.507 e. The molecule has 0 aromatic heterocycles. The van der Waals surface area contributed by atoms with Crippen molar-refractivity contribution in [2.24, 2.45) is 0 Å². The van der Waals surface area contributed by atoms with Crippen LogP contribution in [0, 0.1) is 0 Å². The first-order valence-corrected chi connectivity index (χ1v) is 9.65. The number of methoxy groups -OCH3 is 1. The number of carbonyl (C=O) groups is 2. The van der Waals surface area contributed by atoms with Crippen LogP contribution in [0.1, 0.15) is 17.2 Å². The van der Waals surface area contributed by atoms with Gasteiger partial charge in [0.15, 0.2) is 0 Å². The standard InChI is InChI=1S/C24H18ClNO4/c1-30-19-9-5-8-18(14-19)26-21(15-10-12-17(25)13-11-15)20(23(28)24(26)29)22(27)16-6-3-2-4-7-16/h2-14,21,27H,1H3/t21-/m0/s1. The molecule has 1 fully saturated rings. The topological polar surface area (TPSA) is 66.8 Å². The van der Waals surface area contributed by atoms with Crippen LogP contribution in [0.2, 0.25) is 5.02 Å². The number of aliphatic hydroxyl groups is 1. The molecule has 0 unspecified atom stereocenters. The van der Waals surface area contributed by atoms with Crippen molar-refractivity contribution in [2.45, 2.75) is 6.04 Å². The lowest BCUT2D eigenvalue weighted by Crippen LogP contribution is -2.29. The fraction of sp³-hybridized carbons (Fsp3) is 0.0833. The number of halogens is 1. The van der Waals surface area contributed by atoms with Crippen molar-refractivity contribution >= 4 is 34.7 Å². The van der Waals surface area contributed by atoms with Crippen molar-refractivity contribution < 1.29 is 19.4 Å². The molecule has 1 atom stereocenters. The van der Waals surface area contributed by atoms with Gasteiger partial charge in [-0.2, -0.15) is 0 Å². The van der Waals surface area contributed by atoms with E-state index in [4.69, 9.17) is 16.3 Å². The second-order valence-corrected chi connectivity index (χ2v) is 7.22. The third-order valence-electron chi connectivity index (χ3n) is 5.01. The van der Waals surface area contributed by atoms with Crippen molar-refractivity contribution in [2.75, 3.05) is 12.0 Å². The van der Waals surface area contributed by atoms with E-state index in [2.05, 4.69) is 0 Å². The van der Waals surface area contributed by atoms with E-state index >= 15 is 0 Å². The Morgan fingerprint density at radius 1 is 0.967 bits per heavy atom. The monoisotopic (exact) mass is 419 g/mol. The Kier molecular flexibility index (Phi) is 5.29. The summed E-state index contributed by atoms with van der Waals surface area (Å²) in [6, 6.07) is 21.6. The summed E-state index contributed by atoms with van der Waals surface area (Å²) in [4.78, 5) is 27.5. The van der Waals surface area contributed by atoms with E-state index in [1.807, 2.05) is 6.07 Å². The number of benzene rings is 3. The number of hydrogen-bond acceptors (Lipinski definition) is 4. The molecule has 30 heavy (non-hydrogen) atoms. The molecular formula is C24H18ClNO4. The third-order valence-corrected chi connectivity index (χ3v) is 5.26. The lowest BCUT2D eigenvalue weighted by atomic mass is 9.95. The second kappa shape index (κ2) is 8.05. The molecule has 5 nitrogen and oxygen atoms in total. The molecule has 3 aromatic carbocycles. The van der Waals surface area contributed by atoms with Crippen molar-refractivity contribution in [1.82, 2.24) is 0 Å². The van der Waals surface area contributed by atoms with Crippen molar-refractivity contribution in [3.8, 4) is 5.75 Å². The molecule has 150 valence electrons. The molecule has 0 bridgehead atoms. The minimum Gasteiger partial charge on any atom is -0.507 e. The molecule has 4 rings (SSSR count). The molecule has 6 heteroatoms. The zero-order valence-corrected chi connectivity index (χ0v) is 16.8. The van der Waals surface area contributed by atoms with Crippen molar-refractivity contribution in [3.63, 3.8) is 0 Å². The highest BCUT2D eigenvalue weighted by Crippen LogP contribution is 2.42. The summed E-state index contributed by atoms with van der Waals surface area (Å²) >= 11 is 6.04. The van der Waals surface area contributed by atoms with Crippen LogP contribution < -0.4 is 9.64 Å². The van der Waals surface area contributed by atoms with E-state index in [1.54, 1.807) is 72.8 Å². The van der Waals surface area contributed by atoms with E-state index in [1.165, 1.54) is 12.0 Å². The third kappa shape index (κ3) is 3.44. The molecule has 1 saturated heterocycles. The molecule has 1 aliphatic rings. The zero-order valence-electron chi connectivity index (χ0n) is 16.1. The average Bonchev–Trinajstić information content (AvgIpc) is 3.05. The van der Waals surface area contributed by atoms with Gasteiger partial charge in [-0.3, -0.25) is 14.5 Å². The van der Waals surface area contributed by atoms with E-state index in [0.29, 0.717) is 27.6 Å². The maximum absolute atomic E-state index is 13.1. The first kappa shape index (κ1) is 19.7. The maximum atomic E-state index is 13.1. The number of anilines is 1. The molecule has 1 heterocycles. The first-order valence-electron chi connectivity index (χ1n) is 9.27. The summed E-state index contributed by atoms with van der Waals surface area (Å²) in [5.74, 6) is -1.15. The number of ketones is 1. The minimum atomic E-state index is -0.811. The molecule has 0 radical (unpaired) electrons. The normalized spacial score (nSPS) is 17.9. The highest BCUT2D eigenvalue weighted by Gasteiger charge is 2.47. The van der Waals surface area contributed by atoms with Gasteiger partial charge >= 0.3 is 0 Å². The summed E-state index contributed by atoms with van der Waals surface area (Å²) in [6.45, 7) is 0. The number of amides is 1. The Morgan fingerprint density at radius 3 is 2.33 bits per heavy atom.